The third kappa shape index (κ3) is 4.98. The molecule has 0 fully saturated rings. The summed E-state index contributed by atoms with van der Waals surface area (Å²) in [6.45, 7) is 5.61. The Balaban J connectivity index is 1.63. The number of carbonyl (C=O) groups is 1. The standard InChI is InChI=1S/C27H34O8/c1-26(2,31)8-6-9-27(3)10-7-16-19(35-27)14-20-23(24(16)29)17(28)13-18(34-20)15-11-21(32-4)25(30)22(12-15)33-5/h11-12,14,18,29-31H,6-10,13H2,1-5H3/t18-,27?/m0/s1. The highest BCUT2D eigenvalue weighted by Crippen LogP contribution is 2.50. The van der Waals surface area contributed by atoms with Gasteiger partial charge in [0.2, 0.25) is 5.75 Å². The van der Waals surface area contributed by atoms with Crippen LogP contribution in [0.25, 0.3) is 0 Å². The van der Waals surface area contributed by atoms with Crippen LogP contribution < -0.4 is 18.9 Å². The van der Waals surface area contributed by atoms with Gasteiger partial charge < -0.3 is 34.3 Å². The van der Waals surface area contributed by atoms with Crippen molar-refractivity contribution in [2.75, 3.05) is 14.2 Å². The first-order valence-electron chi connectivity index (χ1n) is 11.9. The van der Waals surface area contributed by atoms with E-state index in [-0.39, 0.29) is 46.5 Å². The molecule has 4 rings (SSSR count). The van der Waals surface area contributed by atoms with Crippen molar-refractivity contribution >= 4 is 5.78 Å². The highest BCUT2D eigenvalue weighted by molar-refractivity contribution is 6.03. The number of hydrogen-bond acceptors (Lipinski definition) is 8. The summed E-state index contributed by atoms with van der Waals surface area (Å²) < 4.78 is 23.0. The molecular weight excluding hydrogens is 452 g/mol. The normalized spacial score (nSPS) is 21.4. The second-order valence-corrected chi connectivity index (χ2v) is 10.3. The van der Waals surface area contributed by atoms with E-state index in [2.05, 4.69) is 0 Å². The van der Waals surface area contributed by atoms with Crippen LogP contribution >= 0.6 is 0 Å². The van der Waals surface area contributed by atoms with Gasteiger partial charge in [-0.05, 0) is 65.0 Å². The summed E-state index contributed by atoms with van der Waals surface area (Å²) in [7, 11) is 2.86. The Morgan fingerprint density at radius 1 is 1.09 bits per heavy atom. The second kappa shape index (κ2) is 9.15. The number of methoxy groups -OCH3 is 2. The van der Waals surface area contributed by atoms with Crippen LogP contribution in [0.1, 0.15) is 80.5 Å². The van der Waals surface area contributed by atoms with Crippen LogP contribution in [0.2, 0.25) is 0 Å². The quantitative estimate of drug-likeness (QED) is 0.509. The lowest BCUT2D eigenvalue weighted by Gasteiger charge is -2.38. The minimum atomic E-state index is -0.733. The lowest BCUT2D eigenvalue weighted by molar-refractivity contribution is 0.0328. The van der Waals surface area contributed by atoms with Gasteiger partial charge in [-0.15, -0.1) is 0 Å². The molecule has 0 spiro atoms. The molecule has 0 aromatic heterocycles. The van der Waals surface area contributed by atoms with E-state index in [1.165, 1.54) is 14.2 Å². The maximum atomic E-state index is 13.1. The number of phenols is 2. The Morgan fingerprint density at radius 3 is 2.34 bits per heavy atom. The number of ketones is 1. The Labute approximate surface area is 205 Å². The van der Waals surface area contributed by atoms with Gasteiger partial charge >= 0.3 is 0 Å². The lowest BCUT2D eigenvalue weighted by atomic mass is 9.85. The summed E-state index contributed by atoms with van der Waals surface area (Å²) >= 11 is 0. The van der Waals surface area contributed by atoms with Crippen LogP contribution in [-0.4, -0.2) is 46.5 Å². The molecule has 0 aliphatic carbocycles. The molecule has 0 saturated heterocycles. The number of Topliss-reactive ketones (excluding diaryl/α,β-unsaturated/α-hetero) is 1. The van der Waals surface area contributed by atoms with Gasteiger partial charge in [-0.2, -0.15) is 0 Å². The molecule has 8 heteroatoms. The number of fused-ring (bicyclic) bond motifs is 2. The third-order valence-corrected chi connectivity index (χ3v) is 6.88. The number of aliphatic hydroxyl groups is 1. The topological polar surface area (TPSA) is 115 Å². The van der Waals surface area contributed by atoms with E-state index in [9.17, 15) is 20.1 Å². The Kier molecular flexibility index (Phi) is 6.53. The van der Waals surface area contributed by atoms with E-state index < -0.39 is 17.3 Å². The van der Waals surface area contributed by atoms with Crippen LogP contribution in [0.4, 0.5) is 0 Å². The Bertz CT molecular complexity index is 1110. The highest BCUT2D eigenvalue weighted by Gasteiger charge is 2.38. The number of rotatable bonds is 7. The monoisotopic (exact) mass is 486 g/mol. The van der Waals surface area contributed by atoms with Crippen molar-refractivity contribution in [3.8, 4) is 34.5 Å². The SMILES string of the molecule is COc1cc([C@@H]2CC(=O)c3c(cc4c(c3O)CCC(C)(CCCC(C)(C)O)O4)O2)cc(OC)c1O. The Hall–Kier alpha value is -3.13. The van der Waals surface area contributed by atoms with Gasteiger partial charge in [-0.25, -0.2) is 0 Å². The van der Waals surface area contributed by atoms with E-state index in [0.717, 1.165) is 12.8 Å². The molecule has 0 radical (unpaired) electrons. The summed E-state index contributed by atoms with van der Waals surface area (Å²) in [5, 5.41) is 31.2. The summed E-state index contributed by atoms with van der Waals surface area (Å²) in [5.74, 6) is 0.729. The van der Waals surface area contributed by atoms with Gasteiger partial charge in [-0.3, -0.25) is 4.79 Å². The van der Waals surface area contributed by atoms with Crippen molar-refractivity contribution in [3.05, 3.63) is 34.9 Å². The molecular formula is C27H34O8. The molecule has 2 aliphatic heterocycles. The van der Waals surface area contributed by atoms with E-state index in [0.29, 0.717) is 36.1 Å². The summed E-state index contributed by atoms with van der Waals surface area (Å²) in [5.41, 5.74) is 0.210. The fourth-order valence-electron chi connectivity index (χ4n) is 4.89. The van der Waals surface area contributed by atoms with E-state index >= 15 is 0 Å². The first-order chi connectivity index (χ1) is 16.4. The maximum absolute atomic E-state index is 13.1. The van der Waals surface area contributed by atoms with Gasteiger partial charge in [0.15, 0.2) is 17.3 Å². The Morgan fingerprint density at radius 2 is 1.74 bits per heavy atom. The van der Waals surface area contributed by atoms with Gasteiger partial charge in [0.25, 0.3) is 0 Å². The van der Waals surface area contributed by atoms with Gasteiger partial charge in [0.1, 0.15) is 34.5 Å². The van der Waals surface area contributed by atoms with E-state index in [1.807, 2.05) is 6.92 Å². The smallest absolute Gasteiger partial charge is 0.200 e. The molecule has 1 unspecified atom stereocenters. The molecule has 0 bridgehead atoms. The summed E-state index contributed by atoms with van der Waals surface area (Å²) in [4.78, 5) is 13.1. The average Bonchev–Trinajstić information content (AvgIpc) is 2.77. The molecule has 2 atom stereocenters. The zero-order valence-electron chi connectivity index (χ0n) is 20.9. The first-order valence-corrected chi connectivity index (χ1v) is 11.9. The number of phenolic OH excluding ortho intramolecular Hbond substituents is 2. The minimum Gasteiger partial charge on any atom is -0.507 e. The van der Waals surface area contributed by atoms with Crippen molar-refractivity contribution in [1.82, 2.24) is 0 Å². The van der Waals surface area contributed by atoms with Crippen molar-refractivity contribution in [2.45, 2.75) is 76.6 Å². The van der Waals surface area contributed by atoms with Crippen molar-refractivity contribution in [1.29, 1.82) is 0 Å². The highest BCUT2D eigenvalue weighted by atomic mass is 16.5. The van der Waals surface area contributed by atoms with Crippen LogP contribution in [0.3, 0.4) is 0 Å². The minimum absolute atomic E-state index is 0.0198. The average molecular weight is 487 g/mol. The van der Waals surface area contributed by atoms with Crippen LogP contribution in [-0.2, 0) is 6.42 Å². The maximum Gasteiger partial charge on any atom is 0.200 e. The number of ether oxygens (including phenoxy) is 4. The van der Waals surface area contributed by atoms with Gasteiger partial charge in [0, 0.05) is 17.2 Å². The molecule has 8 nitrogen and oxygen atoms in total. The molecule has 0 saturated carbocycles. The van der Waals surface area contributed by atoms with Crippen LogP contribution in [0.5, 0.6) is 34.5 Å². The lowest BCUT2D eigenvalue weighted by Crippen LogP contribution is -2.37. The molecule has 0 amide bonds. The van der Waals surface area contributed by atoms with Gasteiger partial charge in [-0.1, -0.05) is 0 Å². The third-order valence-electron chi connectivity index (χ3n) is 6.88. The van der Waals surface area contributed by atoms with E-state index in [1.54, 1.807) is 32.0 Å². The molecule has 2 aromatic rings. The first kappa shape index (κ1) is 25.0. The molecule has 2 heterocycles. The molecule has 35 heavy (non-hydrogen) atoms. The molecule has 2 aromatic carbocycles. The number of aromatic hydroxyl groups is 2. The molecule has 3 N–H and O–H groups in total. The molecule has 2 aliphatic rings. The second-order valence-electron chi connectivity index (χ2n) is 10.3. The summed E-state index contributed by atoms with van der Waals surface area (Å²) in [6, 6.07) is 4.90. The predicted molar refractivity (Wildman–Crippen MR) is 129 cm³/mol. The predicted octanol–water partition coefficient (Wildman–Crippen LogP) is 4.85. The fraction of sp³-hybridized carbons (Fsp3) is 0.519. The number of benzene rings is 2. The zero-order valence-corrected chi connectivity index (χ0v) is 20.9. The van der Waals surface area contributed by atoms with Crippen molar-refractivity contribution in [3.63, 3.8) is 0 Å². The van der Waals surface area contributed by atoms with Crippen LogP contribution in [0.15, 0.2) is 18.2 Å². The number of hydrogen-bond donors (Lipinski definition) is 3. The van der Waals surface area contributed by atoms with Crippen molar-refractivity contribution in [2.24, 2.45) is 0 Å². The largest absolute Gasteiger partial charge is 0.507 e. The molecule has 190 valence electrons. The zero-order chi connectivity index (χ0) is 25.5. The summed E-state index contributed by atoms with van der Waals surface area (Å²) in [6.07, 6.45) is 2.86. The van der Waals surface area contributed by atoms with Crippen LogP contribution in [0, 0.1) is 0 Å². The number of carbonyl (C=O) groups excluding carboxylic acids is 1. The van der Waals surface area contributed by atoms with Gasteiger partial charge in [0.05, 0.1) is 26.2 Å². The van der Waals surface area contributed by atoms with Crippen molar-refractivity contribution < 1.29 is 39.1 Å². The fourth-order valence-corrected chi connectivity index (χ4v) is 4.89. The van der Waals surface area contributed by atoms with E-state index in [4.69, 9.17) is 18.9 Å².